The van der Waals surface area contributed by atoms with Gasteiger partial charge in [-0.3, -0.25) is 0 Å². The second kappa shape index (κ2) is 6.89. The summed E-state index contributed by atoms with van der Waals surface area (Å²) in [5, 5.41) is 23.5. The number of para-hydroxylation sites is 1. The minimum absolute atomic E-state index is 0.156. The molecule has 0 radical (unpaired) electrons. The number of benzene rings is 2. The highest BCUT2D eigenvalue weighted by molar-refractivity contribution is 5.80. The fourth-order valence-corrected chi connectivity index (χ4v) is 3.11. The van der Waals surface area contributed by atoms with E-state index in [0.29, 0.717) is 16.8 Å². The van der Waals surface area contributed by atoms with E-state index in [1.165, 1.54) is 0 Å². The first-order valence-electron chi connectivity index (χ1n) is 8.68. The lowest BCUT2D eigenvalue weighted by atomic mass is 9.99. The molecule has 0 saturated heterocycles. The third kappa shape index (κ3) is 3.06. The van der Waals surface area contributed by atoms with E-state index < -0.39 is 0 Å². The van der Waals surface area contributed by atoms with E-state index in [-0.39, 0.29) is 11.6 Å². The first kappa shape index (κ1) is 17.3. The summed E-state index contributed by atoms with van der Waals surface area (Å²) in [5.41, 5.74) is 11.3. The van der Waals surface area contributed by atoms with E-state index in [0.717, 1.165) is 22.4 Å². The largest absolute Gasteiger partial charge is 0.508 e. The van der Waals surface area contributed by atoms with Gasteiger partial charge >= 0.3 is 0 Å². The first-order chi connectivity index (χ1) is 13.6. The molecule has 0 aliphatic heterocycles. The van der Waals surface area contributed by atoms with Gasteiger partial charge in [0.05, 0.1) is 17.6 Å². The van der Waals surface area contributed by atoms with Crippen molar-refractivity contribution in [3.63, 3.8) is 0 Å². The molecule has 2 aromatic heterocycles. The number of hydrogen-bond acceptors (Lipinski definition) is 5. The minimum atomic E-state index is 0.156. The smallest absolute Gasteiger partial charge is 0.142 e. The van der Waals surface area contributed by atoms with Crippen LogP contribution in [0.5, 0.6) is 5.75 Å². The van der Waals surface area contributed by atoms with E-state index in [1.54, 1.807) is 35.1 Å². The van der Waals surface area contributed by atoms with E-state index >= 15 is 0 Å². The summed E-state index contributed by atoms with van der Waals surface area (Å²) in [4.78, 5) is 4.40. The molecule has 0 aliphatic rings. The van der Waals surface area contributed by atoms with Gasteiger partial charge in [-0.05, 0) is 42.3 Å². The Morgan fingerprint density at radius 3 is 2.54 bits per heavy atom. The van der Waals surface area contributed by atoms with Crippen molar-refractivity contribution in [1.82, 2.24) is 14.8 Å². The number of aromatic hydroxyl groups is 1. The van der Waals surface area contributed by atoms with Gasteiger partial charge in [-0.25, -0.2) is 9.67 Å². The summed E-state index contributed by atoms with van der Waals surface area (Å²) in [6.07, 6.45) is 3.61. The average molecular weight is 367 g/mol. The van der Waals surface area contributed by atoms with Crippen molar-refractivity contribution in [2.24, 2.45) is 0 Å². The summed E-state index contributed by atoms with van der Waals surface area (Å²) in [6.45, 7) is 2.03. The number of nitrogen functional groups attached to an aromatic ring is 1. The zero-order valence-electron chi connectivity index (χ0n) is 15.2. The van der Waals surface area contributed by atoms with Crippen LogP contribution in [0.1, 0.15) is 11.1 Å². The van der Waals surface area contributed by atoms with Gasteiger partial charge in [-0.1, -0.05) is 30.3 Å². The summed E-state index contributed by atoms with van der Waals surface area (Å²) >= 11 is 0. The van der Waals surface area contributed by atoms with Gasteiger partial charge in [0.25, 0.3) is 0 Å². The van der Waals surface area contributed by atoms with Crippen molar-refractivity contribution in [3.8, 4) is 39.9 Å². The predicted molar refractivity (Wildman–Crippen MR) is 108 cm³/mol. The Balaban J connectivity index is 1.83. The lowest BCUT2D eigenvalue weighted by Gasteiger charge is -2.09. The molecule has 0 fully saturated rings. The van der Waals surface area contributed by atoms with Crippen LogP contribution in [-0.4, -0.2) is 19.9 Å². The van der Waals surface area contributed by atoms with Crippen LogP contribution in [0.2, 0.25) is 0 Å². The number of nitriles is 1. The van der Waals surface area contributed by atoms with Crippen LogP contribution >= 0.6 is 0 Å². The molecule has 4 rings (SSSR count). The van der Waals surface area contributed by atoms with Gasteiger partial charge in [0.2, 0.25) is 0 Å². The number of phenols is 1. The highest BCUT2D eigenvalue weighted by atomic mass is 16.3. The van der Waals surface area contributed by atoms with Gasteiger partial charge in [0, 0.05) is 17.3 Å². The molecule has 2 aromatic carbocycles. The molecular formula is C22H17N5O. The second-order valence-corrected chi connectivity index (χ2v) is 6.43. The maximum atomic E-state index is 9.54. The Labute approximate surface area is 162 Å². The molecule has 4 aromatic rings. The maximum absolute atomic E-state index is 9.54. The number of nitrogens with zero attached hydrogens (tertiary/aromatic N) is 4. The normalized spacial score (nSPS) is 10.6. The molecule has 0 bridgehead atoms. The number of aryl methyl sites for hydroxylation is 1. The quantitative estimate of drug-likeness (QED) is 0.568. The minimum Gasteiger partial charge on any atom is -0.508 e. The highest BCUT2D eigenvalue weighted by Crippen LogP contribution is 2.32. The summed E-state index contributed by atoms with van der Waals surface area (Å²) in [6, 6.07) is 18.5. The predicted octanol–water partition coefficient (Wildman–Crippen LogP) is 4.07. The van der Waals surface area contributed by atoms with Gasteiger partial charge in [-0.2, -0.15) is 10.4 Å². The standard InChI is InChI=1S/C22H17N5O/c1-14-4-2-3-5-21(14)27-13-16(12-25-27)20-10-18(19(11-23)22(24)26-20)15-6-8-17(28)9-7-15/h2-10,12-13,28H,1H3,(H2,24,26). The highest BCUT2D eigenvalue weighted by Gasteiger charge is 2.15. The summed E-state index contributed by atoms with van der Waals surface area (Å²) in [7, 11) is 0. The van der Waals surface area contributed by atoms with Crippen molar-refractivity contribution in [2.45, 2.75) is 6.92 Å². The van der Waals surface area contributed by atoms with Crippen molar-refractivity contribution in [2.75, 3.05) is 5.73 Å². The van der Waals surface area contributed by atoms with Gasteiger partial charge < -0.3 is 10.8 Å². The molecule has 28 heavy (non-hydrogen) atoms. The Kier molecular flexibility index (Phi) is 4.26. The van der Waals surface area contributed by atoms with Crippen molar-refractivity contribution < 1.29 is 5.11 Å². The van der Waals surface area contributed by atoms with Crippen molar-refractivity contribution in [1.29, 1.82) is 5.26 Å². The van der Waals surface area contributed by atoms with Crippen LogP contribution < -0.4 is 5.73 Å². The SMILES string of the molecule is Cc1ccccc1-n1cc(-c2cc(-c3ccc(O)cc3)c(C#N)c(N)n2)cn1. The molecule has 0 unspecified atom stereocenters. The Morgan fingerprint density at radius 1 is 1.07 bits per heavy atom. The molecule has 0 aliphatic carbocycles. The molecule has 136 valence electrons. The fourth-order valence-electron chi connectivity index (χ4n) is 3.11. The molecule has 3 N–H and O–H groups in total. The third-order valence-electron chi connectivity index (χ3n) is 4.58. The van der Waals surface area contributed by atoms with Crippen LogP contribution in [0.25, 0.3) is 28.1 Å². The molecule has 0 saturated carbocycles. The Morgan fingerprint density at radius 2 is 1.82 bits per heavy atom. The number of hydrogen-bond donors (Lipinski definition) is 2. The lowest BCUT2D eigenvalue weighted by molar-refractivity contribution is 0.475. The molecular weight excluding hydrogens is 350 g/mol. The number of pyridine rings is 1. The maximum Gasteiger partial charge on any atom is 0.142 e. The van der Waals surface area contributed by atoms with E-state index in [2.05, 4.69) is 16.2 Å². The number of aromatic nitrogens is 3. The molecule has 0 atom stereocenters. The third-order valence-corrected chi connectivity index (χ3v) is 4.58. The van der Waals surface area contributed by atoms with Crippen LogP contribution in [-0.2, 0) is 0 Å². The molecule has 6 nitrogen and oxygen atoms in total. The van der Waals surface area contributed by atoms with Gasteiger partial charge in [0.1, 0.15) is 23.2 Å². The number of phenolic OH excluding ortho intramolecular Hbond substituents is 1. The number of nitrogens with two attached hydrogens (primary N) is 1. The Hall–Kier alpha value is -4.11. The van der Waals surface area contributed by atoms with Crippen molar-refractivity contribution in [3.05, 3.63) is 78.1 Å². The molecule has 0 amide bonds. The van der Waals surface area contributed by atoms with E-state index in [1.807, 2.05) is 43.5 Å². The van der Waals surface area contributed by atoms with Crippen LogP contribution in [0.4, 0.5) is 5.82 Å². The Bertz CT molecular complexity index is 1200. The molecule has 0 spiro atoms. The molecule has 2 heterocycles. The zero-order chi connectivity index (χ0) is 19.7. The van der Waals surface area contributed by atoms with Gasteiger partial charge in [-0.15, -0.1) is 0 Å². The lowest BCUT2D eigenvalue weighted by Crippen LogP contribution is -1.99. The second-order valence-electron chi connectivity index (χ2n) is 6.43. The number of rotatable bonds is 3. The van der Waals surface area contributed by atoms with Crippen molar-refractivity contribution >= 4 is 5.82 Å². The zero-order valence-corrected chi connectivity index (χ0v) is 15.2. The van der Waals surface area contributed by atoms with Crippen LogP contribution in [0.15, 0.2) is 67.0 Å². The van der Waals surface area contributed by atoms with Gasteiger partial charge in [0.15, 0.2) is 0 Å². The van der Waals surface area contributed by atoms with E-state index in [4.69, 9.17) is 5.73 Å². The molecule has 6 heteroatoms. The topological polar surface area (TPSA) is 101 Å². The monoisotopic (exact) mass is 367 g/mol. The summed E-state index contributed by atoms with van der Waals surface area (Å²) < 4.78 is 1.79. The fraction of sp³-hybridized carbons (Fsp3) is 0.0455. The first-order valence-corrected chi connectivity index (χ1v) is 8.68. The summed E-state index contributed by atoms with van der Waals surface area (Å²) in [5.74, 6) is 0.315. The van der Waals surface area contributed by atoms with Crippen LogP contribution in [0.3, 0.4) is 0 Å². The van der Waals surface area contributed by atoms with E-state index in [9.17, 15) is 10.4 Å². The number of anilines is 1. The van der Waals surface area contributed by atoms with Crippen LogP contribution in [0, 0.1) is 18.3 Å². The average Bonchev–Trinajstić information content (AvgIpc) is 3.18.